The predicted octanol–water partition coefficient (Wildman–Crippen LogP) is 0.174. The molecule has 0 unspecified atom stereocenters. The predicted molar refractivity (Wildman–Crippen MR) is 53.7 cm³/mol. The van der Waals surface area contributed by atoms with Gasteiger partial charge in [-0.2, -0.15) is 4.98 Å². The molecule has 2 heterocycles. The van der Waals surface area contributed by atoms with E-state index in [9.17, 15) is 9.59 Å². The molecule has 0 saturated carbocycles. The standard InChI is InChI=1S/C8H5ClN4O2/c9-5-2-1-4(3-10-5)6-11-7(14)13-8(15)12-6/h1-3H,(H2,11,12,13,14,15). The van der Waals surface area contributed by atoms with E-state index in [1.165, 1.54) is 12.3 Å². The quantitative estimate of drug-likeness (QED) is 0.676. The van der Waals surface area contributed by atoms with E-state index < -0.39 is 11.4 Å². The van der Waals surface area contributed by atoms with Gasteiger partial charge in [0.2, 0.25) is 0 Å². The van der Waals surface area contributed by atoms with Gasteiger partial charge in [-0.05, 0) is 12.1 Å². The summed E-state index contributed by atoms with van der Waals surface area (Å²) in [6, 6.07) is 3.14. The van der Waals surface area contributed by atoms with Crippen LogP contribution in [-0.4, -0.2) is 19.9 Å². The maximum Gasteiger partial charge on any atom is 0.351 e. The van der Waals surface area contributed by atoms with Crippen molar-refractivity contribution in [1.29, 1.82) is 0 Å². The van der Waals surface area contributed by atoms with Crippen molar-refractivity contribution >= 4 is 11.6 Å². The molecule has 2 N–H and O–H groups in total. The number of pyridine rings is 1. The van der Waals surface area contributed by atoms with Crippen LogP contribution in [0.4, 0.5) is 0 Å². The summed E-state index contributed by atoms with van der Waals surface area (Å²) < 4.78 is 0. The third kappa shape index (κ3) is 2.10. The first-order valence-electron chi connectivity index (χ1n) is 3.98. The zero-order chi connectivity index (χ0) is 10.8. The lowest BCUT2D eigenvalue weighted by Crippen LogP contribution is -2.25. The maximum absolute atomic E-state index is 11.0. The van der Waals surface area contributed by atoms with Gasteiger partial charge in [0.1, 0.15) is 11.0 Å². The SMILES string of the molecule is O=c1nc(-c2ccc(Cl)nc2)[nH]c(=O)[nH]1. The second kappa shape index (κ2) is 3.66. The number of aromatic nitrogens is 4. The Morgan fingerprint density at radius 2 is 2.00 bits per heavy atom. The van der Waals surface area contributed by atoms with E-state index in [-0.39, 0.29) is 5.82 Å². The molecule has 0 saturated heterocycles. The van der Waals surface area contributed by atoms with Crippen molar-refractivity contribution in [2.75, 3.05) is 0 Å². The molecule has 0 aromatic carbocycles. The van der Waals surface area contributed by atoms with Crippen LogP contribution in [0.3, 0.4) is 0 Å². The molecule has 0 bridgehead atoms. The third-order valence-corrected chi connectivity index (χ3v) is 1.89. The second-order valence-corrected chi connectivity index (χ2v) is 3.10. The van der Waals surface area contributed by atoms with Crippen LogP contribution in [-0.2, 0) is 0 Å². The molecule has 0 radical (unpaired) electrons. The molecule has 0 atom stereocenters. The lowest BCUT2D eigenvalue weighted by Gasteiger charge is -1.97. The molecule has 2 aromatic heterocycles. The molecule has 0 spiro atoms. The average Bonchev–Trinajstić information content (AvgIpc) is 2.17. The monoisotopic (exact) mass is 224 g/mol. The molecule has 0 fully saturated rings. The zero-order valence-electron chi connectivity index (χ0n) is 7.32. The lowest BCUT2D eigenvalue weighted by molar-refractivity contribution is 0.941. The van der Waals surface area contributed by atoms with Crippen molar-refractivity contribution < 1.29 is 0 Å². The molecule has 6 nitrogen and oxygen atoms in total. The largest absolute Gasteiger partial charge is 0.351 e. The summed E-state index contributed by atoms with van der Waals surface area (Å²) in [7, 11) is 0. The first-order chi connectivity index (χ1) is 7.15. The Labute approximate surface area is 88.0 Å². The summed E-state index contributed by atoms with van der Waals surface area (Å²) in [4.78, 5) is 33.6. The summed E-state index contributed by atoms with van der Waals surface area (Å²) in [5.41, 5.74) is -0.800. The Hall–Kier alpha value is -1.95. The van der Waals surface area contributed by atoms with Crippen LogP contribution in [0.25, 0.3) is 11.4 Å². The van der Waals surface area contributed by atoms with E-state index in [0.29, 0.717) is 10.7 Å². The van der Waals surface area contributed by atoms with Crippen molar-refractivity contribution in [2.45, 2.75) is 0 Å². The molecule has 0 aliphatic carbocycles. The molecule has 0 amide bonds. The highest BCUT2D eigenvalue weighted by Gasteiger charge is 2.02. The molecule has 76 valence electrons. The summed E-state index contributed by atoms with van der Waals surface area (Å²) in [6.45, 7) is 0. The first-order valence-corrected chi connectivity index (χ1v) is 4.35. The van der Waals surface area contributed by atoms with Crippen molar-refractivity contribution in [3.8, 4) is 11.4 Å². The summed E-state index contributed by atoms with van der Waals surface area (Å²) in [6.07, 6.45) is 1.42. The fraction of sp³-hybridized carbons (Fsp3) is 0. The Balaban J connectivity index is 2.59. The number of nitrogens with one attached hydrogen (secondary N) is 2. The number of halogens is 1. The van der Waals surface area contributed by atoms with E-state index >= 15 is 0 Å². The molecule has 2 rings (SSSR count). The molecular weight excluding hydrogens is 220 g/mol. The Bertz CT molecular complexity index is 558. The van der Waals surface area contributed by atoms with Crippen molar-refractivity contribution in [3.63, 3.8) is 0 Å². The number of nitrogens with zero attached hydrogens (tertiary/aromatic N) is 2. The molecule has 2 aromatic rings. The number of rotatable bonds is 1. The fourth-order valence-electron chi connectivity index (χ4n) is 1.05. The minimum absolute atomic E-state index is 0.160. The van der Waals surface area contributed by atoms with E-state index in [1.54, 1.807) is 6.07 Å². The number of aromatic amines is 2. The van der Waals surface area contributed by atoms with Crippen LogP contribution in [0.1, 0.15) is 0 Å². The van der Waals surface area contributed by atoms with Gasteiger partial charge in [-0.3, -0.25) is 9.97 Å². The highest BCUT2D eigenvalue weighted by atomic mass is 35.5. The number of hydrogen-bond acceptors (Lipinski definition) is 4. The molecule has 0 aliphatic heterocycles. The third-order valence-electron chi connectivity index (χ3n) is 1.67. The number of hydrogen-bond donors (Lipinski definition) is 2. The Morgan fingerprint density at radius 3 is 2.60 bits per heavy atom. The van der Waals surface area contributed by atoms with Crippen LogP contribution >= 0.6 is 11.6 Å². The summed E-state index contributed by atoms with van der Waals surface area (Å²) in [5, 5.41) is 0.325. The van der Waals surface area contributed by atoms with Crippen molar-refractivity contribution in [3.05, 3.63) is 44.5 Å². The van der Waals surface area contributed by atoms with Gasteiger partial charge in [-0.1, -0.05) is 11.6 Å². The summed E-state index contributed by atoms with van der Waals surface area (Å²) in [5.74, 6) is 0.160. The van der Waals surface area contributed by atoms with Gasteiger partial charge in [-0.15, -0.1) is 0 Å². The Morgan fingerprint density at radius 1 is 1.20 bits per heavy atom. The van der Waals surface area contributed by atoms with Crippen LogP contribution in [0.2, 0.25) is 5.15 Å². The molecule has 15 heavy (non-hydrogen) atoms. The van der Waals surface area contributed by atoms with E-state index in [0.717, 1.165) is 0 Å². The number of H-pyrrole nitrogens is 2. The maximum atomic E-state index is 11.0. The normalized spacial score (nSPS) is 10.2. The van der Waals surface area contributed by atoms with Crippen LogP contribution in [0.15, 0.2) is 27.9 Å². The molecule has 0 aliphatic rings. The summed E-state index contributed by atoms with van der Waals surface area (Å²) >= 11 is 5.59. The van der Waals surface area contributed by atoms with Gasteiger partial charge in [0.25, 0.3) is 0 Å². The average molecular weight is 225 g/mol. The topological polar surface area (TPSA) is 91.5 Å². The van der Waals surface area contributed by atoms with Gasteiger partial charge in [0.15, 0.2) is 0 Å². The Kier molecular flexibility index (Phi) is 2.34. The molecular formula is C8H5ClN4O2. The van der Waals surface area contributed by atoms with Crippen LogP contribution in [0, 0.1) is 0 Å². The lowest BCUT2D eigenvalue weighted by atomic mass is 10.3. The zero-order valence-corrected chi connectivity index (χ0v) is 8.08. The van der Waals surface area contributed by atoms with Crippen LogP contribution < -0.4 is 11.4 Å². The minimum Gasteiger partial charge on any atom is -0.291 e. The van der Waals surface area contributed by atoms with Gasteiger partial charge in [0, 0.05) is 11.8 Å². The minimum atomic E-state index is -0.705. The van der Waals surface area contributed by atoms with E-state index in [4.69, 9.17) is 11.6 Å². The first kappa shape index (κ1) is 9.60. The van der Waals surface area contributed by atoms with Gasteiger partial charge < -0.3 is 0 Å². The van der Waals surface area contributed by atoms with E-state index in [1.807, 2.05) is 4.98 Å². The fourth-order valence-corrected chi connectivity index (χ4v) is 1.16. The van der Waals surface area contributed by atoms with Gasteiger partial charge >= 0.3 is 11.4 Å². The van der Waals surface area contributed by atoms with E-state index in [2.05, 4.69) is 15.0 Å². The smallest absolute Gasteiger partial charge is 0.291 e. The van der Waals surface area contributed by atoms with Gasteiger partial charge in [-0.25, -0.2) is 14.6 Å². The highest BCUT2D eigenvalue weighted by Crippen LogP contribution is 2.12. The van der Waals surface area contributed by atoms with Crippen molar-refractivity contribution in [1.82, 2.24) is 19.9 Å². The van der Waals surface area contributed by atoms with Crippen molar-refractivity contribution in [2.24, 2.45) is 0 Å². The highest BCUT2D eigenvalue weighted by molar-refractivity contribution is 6.29. The van der Waals surface area contributed by atoms with Crippen LogP contribution in [0.5, 0.6) is 0 Å². The van der Waals surface area contributed by atoms with Gasteiger partial charge in [0.05, 0.1) is 0 Å². The molecule has 7 heteroatoms. The second-order valence-electron chi connectivity index (χ2n) is 2.71.